The number of hydrogen-bond acceptors (Lipinski definition) is 6. The van der Waals surface area contributed by atoms with E-state index in [-0.39, 0.29) is 25.0 Å². The van der Waals surface area contributed by atoms with Gasteiger partial charge in [-0.05, 0) is 68.3 Å². The maximum atomic E-state index is 12.5. The first-order valence-corrected chi connectivity index (χ1v) is 11.8. The van der Waals surface area contributed by atoms with E-state index in [0.717, 1.165) is 16.5 Å². The molecule has 2 aromatic carbocycles. The van der Waals surface area contributed by atoms with Crippen LogP contribution in [-0.2, 0) is 30.3 Å². The Morgan fingerprint density at radius 3 is 2.50 bits per heavy atom. The summed E-state index contributed by atoms with van der Waals surface area (Å²) in [4.78, 5) is 50.7. The van der Waals surface area contributed by atoms with E-state index in [2.05, 4.69) is 21.2 Å². The number of carbonyl (C=O) groups excluding carboxylic acids is 4. The Kier molecular flexibility index (Phi) is 8.44. The van der Waals surface area contributed by atoms with Crippen molar-refractivity contribution < 1.29 is 28.7 Å². The van der Waals surface area contributed by atoms with E-state index in [0.29, 0.717) is 16.9 Å². The molecule has 2 aromatic rings. The fourth-order valence-corrected chi connectivity index (χ4v) is 4.00. The Labute approximate surface area is 206 Å². The van der Waals surface area contributed by atoms with Crippen LogP contribution >= 0.6 is 15.9 Å². The molecule has 3 rings (SSSR count). The predicted octanol–water partition coefficient (Wildman–Crippen LogP) is 4.11. The smallest absolute Gasteiger partial charge is 0.338 e. The summed E-state index contributed by atoms with van der Waals surface area (Å²) < 4.78 is 11.2. The van der Waals surface area contributed by atoms with Crippen molar-refractivity contribution in [2.24, 2.45) is 5.92 Å². The number of rotatable bonds is 8. The highest BCUT2D eigenvalue weighted by Crippen LogP contribution is 2.27. The third kappa shape index (κ3) is 6.44. The number of carbonyl (C=O) groups is 4. The molecule has 0 aliphatic carbocycles. The molecule has 0 spiro atoms. The van der Waals surface area contributed by atoms with Crippen molar-refractivity contribution in [3.05, 3.63) is 58.1 Å². The quantitative estimate of drug-likeness (QED) is 0.515. The van der Waals surface area contributed by atoms with E-state index >= 15 is 0 Å². The highest BCUT2D eigenvalue weighted by molar-refractivity contribution is 9.10. The number of aryl methyl sites for hydroxylation is 1. The van der Waals surface area contributed by atoms with Crippen molar-refractivity contribution >= 4 is 51.1 Å². The summed E-state index contributed by atoms with van der Waals surface area (Å²) in [7, 11) is 0. The summed E-state index contributed by atoms with van der Waals surface area (Å²) in [6.45, 7) is 5.21. The van der Waals surface area contributed by atoms with Crippen molar-refractivity contribution in [2.75, 3.05) is 23.4 Å². The molecule has 0 saturated carbocycles. The molecule has 1 aliphatic heterocycles. The average Bonchev–Trinajstić information content (AvgIpc) is 3.20. The van der Waals surface area contributed by atoms with Gasteiger partial charge in [0.2, 0.25) is 5.91 Å². The zero-order valence-corrected chi connectivity index (χ0v) is 20.9. The Morgan fingerprint density at radius 1 is 1.15 bits per heavy atom. The SMILES string of the molecule is CCc1cc(Br)ccc1NC(=O)COC(=O)[C@@H]1CC(=O)N(c2ccc(C(=O)OC(C)C)cc2)C1. The molecular weight excluding hydrogens is 504 g/mol. The standard InChI is InChI=1S/C25H27BrN2O6/c1-4-16-11-19(26)7-10-21(16)27-22(29)14-33-24(31)18-12-23(30)28(13-18)20-8-5-17(6-9-20)25(32)34-15(2)3/h5-11,15,18H,4,12-14H2,1-3H3,(H,27,29)/t18-/m1/s1. The highest BCUT2D eigenvalue weighted by Gasteiger charge is 2.36. The summed E-state index contributed by atoms with van der Waals surface area (Å²) in [6, 6.07) is 12.0. The second-order valence-corrected chi connectivity index (χ2v) is 9.13. The number of amides is 2. The van der Waals surface area contributed by atoms with Gasteiger partial charge < -0.3 is 19.7 Å². The molecule has 180 valence electrons. The maximum absolute atomic E-state index is 12.5. The van der Waals surface area contributed by atoms with Crippen LogP contribution in [0.1, 0.15) is 43.1 Å². The van der Waals surface area contributed by atoms with E-state index in [1.807, 2.05) is 19.1 Å². The van der Waals surface area contributed by atoms with Crippen molar-refractivity contribution in [1.29, 1.82) is 0 Å². The molecule has 0 unspecified atom stereocenters. The minimum atomic E-state index is -0.676. The van der Waals surface area contributed by atoms with Crippen LogP contribution in [-0.4, -0.2) is 43.0 Å². The van der Waals surface area contributed by atoms with Gasteiger partial charge in [0.25, 0.3) is 5.91 Å². The largest absolute Gasteiger partial charge is 0.459 e. The number of ether oxygens (including phenoxy) is 2. The van der Waals surface area contributed by atoms with E-state index in [1.165, 1.54) is 4.90 Å². The Bertz CT molecular complexity index is 1080. The number of halogens is 1. The van der Waals surface area contributed by atoms with Crippen LogP contribution in [0.4, 0.5) is 11.4 Å². The van der Waals surface area contributed by atoms with Gasteiger partial charge in [0.05, 0.1) is 17.6 Å². The van der Waals surface area contributed by atoms with Crippen LogP contribution in [0.5, 0.6) is 0 Å². The summed E-state index contributed by atoms with van der Waals surface area (Å²) in [5.74, 6) is -2.40. The fourth-order valence-electron chi connectivity index (χ4n) is 3.59. The third-order valence-electron chi connectivity index (χ3n) is 5.28. The zero-order chi connectivity index (χ0) is 24.8. The predicted molar refractivity (Wildman–Crippen MR) is 131 cm³/mol. The number of benzene rings is 2. The van der Waals surface area contributed by atoms with Gasteiger partial charge in [-0.3, -0.25) is 14.4 Å². The molecule has 1 fully saturated rings. The van der Waals surface area contributed by atoms with Gasteiger partial charge in [0.1, 0.15) is 0 Å². The molecular formula is C25H27BrN2O6. The molecule has 2 amide bonds. The Morgan fingerprint density at radius 2 is 1.85 bits per heavy atom. The molecule has 0 aromatic heterocycles. The van der Waals surface area contributed by atoms with Gasteiger partial charge in [-0.15, -0.1) is 0 Å². The van der Waals surface area contributed by atoms with E-state index < -0.39 is 30.4 Å². The summed E-state index contributed by atoms with van der Waals surface area (Å²) in [5, 5.41) is 2.75. The zero-order valence-electron chi connectivity index (χ0n) is 19.3. The van der Waals surface area contributed by atoms with E-state index in [9.17, 15) is 19.2 Å². The molecule has 0 bridgehead atoms. The topological polar surface area (TPSA) is 102 Å². The van der Waals surface area contributed by atoms with Crippen molar-refractivity contribution in [2.45, 2.75) is 39.7 Å². The lowest BCUT2D eigenvalue weighted by Crippen LogP contribution is -2.28. The number of hydrogen-bond donors (Lipinski definition) is 1. The van der Waals surface area contributed by atoms with Gasteiger partial charge >= 0.3 is 11.9 Å². The lowest BCUT2D eigenvalue weighted by Gasteiger charge is -2.17. The van der Waals surface area contributed by atoms with Gasteiger partial charge in [0, 0.05) is 28.8 Å². The first-order chi connectivity index (χ1) is 16.2. The lowest BCUT2D eigenvalue weighted by molar-refractivity contribution is -0.151. The monoisotopic (exact) mass is 530 g/mol. The molecule has 1 aliphatic rings. The van der Waals surface area contributed by atoms with Gasteiger partial charge in [-0.1, -0.05) is 22.9 Å². The van der Waals surface area contributed by atoms with Crippen molar-refractivity contribution in [3.63, 3.8) is 0 Å². The molecule has 1 heterocycles. The normalized spacial score (nSPS) is 15.4. The first-order valence-electron chi connectivity index (χ1n) is 11.0. The summed E-state index contributed by atoms with van der Waals surface area (Å²) in [5.41, 5.74) is 2.56. The average molecular weight is 531 g/mol. The van der Waals surface area contributed by atoms with Crippen LogP contribution in [0.2, 0.25) is 0 Å². The van der Waals surface area contributed by atoms with Crippen LogP contribution in [0, 0.1) is 5.92 Å². The number of esters is 2. The lowest BCUT2D eigenvalue weighted by atomic mass is 10.1. The summed E-state index contributed by atoms with van der Waals surface area (Å²) in [6.07, 6.45) is 0.490. The van der Waals surface area contributed by atoms with E-state index in [1.54, 1.807) is 44.2 Å². The molecule has 1 N–H and O–H groups in total. The summed E-state index contributed by atoms with van der Waals surface area (Å²) >= 11 is 3.40. The van der Waals surface area contributed by atoms with Crippen molar-refractivity contribution in [3.8, 4) is 0 Å². The Hall–Kier alpha value is -3.20. The highest BCUT2D eigenvalue weighted by atomic mass is 79.9. The number of anilines is 2. The molecule has 8 nitrogen and oxygen atoms in total. The van der Waals surface area contributed by atoms with Crippen LogP contribution < -0.4 is 10.2 Å². The Balaban J connectivity index is 1.54. The minimum absolute atomic E-state index is 0.00963. The molecule has 0 radical (unpaired) electrons. The number of nitrogens with one attached hydrogen (secondary N) is 1. The van der Waals surface area contributed by atoms with Crippen LogP contribution in [0.15, 0.2) is 46.9 Å². The molecule has 1 saturated heterocycles. The third-order valence-corrected chi connectivity index (χ3v) is 5.78. The fraction of sp³-hybridized carbons (Fsp3) is 0.360. The number of nitrogens with zero attached hydrogens (tertiary/aromatic N) is 1. The second-order valence-electron chi connectivity index (χ2n) is 8.22. The van der Waals surface area contributed by atoms with Crippen LogP contribution in [0.3, 0.4) is 0 Å². The van der Waals surface area contributed by atoms with Gasteiger partial charge in [-0.2, -0.15) is 0 Å². The molecule has 1 atom stereocenters. The van der Waals surface area contributed by atoms with Gasteiger partial charge in [0.15, 0.2) is 6.61 Å². The van der Waals surface area contributed by atoms with Gasteiger partial charge in [-0.25, -0.2) is 4.79 Å². The first kappa shape index (κ1) is 25.4. The second kappa shape index (κ2) is 11.3. The van der Waals surface area contributed by atoms with E-state index in [4.69, 9.17) is 9.47 Å². The van der Waals surface area contributed by atoms with Crippen LogP contribution in [0.25, 0.3) is 0 Å². The molecule has 9 heteroatoms. The maximum Gasteiger partial charge on any atom is 0.338 e. The van der Waals surface area contributed by atoms with Crippen molar-refractivity contribution in [1.82, 2.24) is 0 Å². The minimum Gasteiger partial charge on any atom is -0.459 e. The molecule has 34 heavy (non-hydrogen) atoms.